The van der Waals surface area contributed by atoms with Crippen LogP contribution in [0.5, 0.6) is 0 Å². The highest BCUT2D eigenvalue weighted by atomic mass is 19.1. The Morgan fingerprint density at radius 1 is 0.913 bits per heavy atom. The fraction of sp³-hybridized carbons (Fsp3) is 0. The Morgan fingerprint density at radius 3 is 2.22 bits per heavy atom. The smallest absolute Gasteiger partial charge is 0.276 e. The molecule has 0 spiro atoms. The van der Waals surface area contributed by atoms with Crippen molar-refractivity contribution < 1.29 is 18.0 Å². The van der Waals surface area contributed by atoms with E-state index in [4.69, 9.17) is 0 Å². The Morgan fingerprint density at radius 2 is 1.57 bits per heavy atom. The summed E-state index contributed by atoms with van der Waals surface area (Å²) in [6.45, 7) is 0. The molecular formula is C16H10F3N3O. The van der Waals surface area contributed by atoms with E-state index < -0.39 is 17.5 Å². The largest absolute Gasteiger partial charge is 0.320 e. The van der Waals surface area contributed by atoms with Crippen molar-refractivity contribution in [3.63, 3.8) is 0 Å². The average molecular weight is 317 g/mol. The van der Waals surface area contributed by atoms with Crippen LogP contribution in [0, 0.1) is 17.5 Å². The van der Waals surface area contributed by atoms with Crippen LogP contribution in [0.3, 0.4) is 0 Å². The molecule has 0 unspecified atom stereocenters. The average Bonchev–Trinajstić information content (AvgIpc) is 2.97. The van der Waals surface area contributed by atoms with E-state index in [9.17, 15) is 18.0 Å². The van der Waals surface area contributed by atoms with Crippen LogP contribution in [0.1, 0.15) is 10.5 Å². The molecule has 2 aromatic carbocycles. The van der Waals surface area contributed by atoms with Gasteiger partial charge in [0.05, 0.1) is 5.69 Å². The summed E-state index contributed by atoms with van der Waals surface area (Å²) in [5, 5.41) is 6.40. The van der Waals surface area contributed by atoms with Crippen LogP contribution in [0.4, 0.5) is 18.9 Å². The molecule has 0 aliphatic carbocycles. The minimum absolute atomic E-state index is 0.0103. The van der Waals surface area contributed by atoms with Gasteiger partial charge in [0.1, 0.15) is 17.5 Å². The molecule has 0 bridgehead atoms. The topological polar surface area (TPSA) is 46.9 Å². The first-order valence-electron chi connectivity index (χ1n) is 6.60. The van der Waals surface area contributed by atoms with Crippen LogP contribution in [0.15, 0.2) is 54.7 Å². The monoisotopic (exact) mass is 317 g/mol. The lowest BCUT2D eigenvalue weighted by molar-refractivity contribution is 0.102. The van der Waals surface area contributed by atoms with Gasteiger partial charge in [0, 0.05) is 18.0 Å². The molecule has 7 heteroatoms. The predicted octanol–water partition coefficient (Wildman–Crippen LogP) is 3.54. The molecule has 1 aromatic heterocycles. The Kier molecular flexibility index (Phi) is 3.84. The van der Waals surface area contributed by atoms with Crippen molar-refractivity contribution in [1.29, 1.82) is 0 Å². The molecule has 0 saturated heterocycles. The lowest BCUT2D eigenvalue weighted by Gasteiger charge is -2.04. The maximum atomic E-state index is 13.1. The zero-order valence-corrected chi connectivity index (χ0v) is 11.6. The van der Waals surface area contributed by atoms with Crippen LogP contribution >= 0.6 is 0 Å². The number of carbonyl (C=O) groups excluding carboxylic acids is 1. The second-order valence-electron chi connectivity index (χ2n) is 4.73. The molecule has 3 aromatic rings. The fourth-order valence-electron chi connectivity index (χ4n) is 2.00. The highest BCUT2D eigenvalue weighted by molar-refractivity contribution is 6.02. The lowest BCUT2D eigenvalue weighted by atomic mass is 10.3. The second kappa shape index (κ2) is 5.96. The summed E-state index contributed by atoms with van der Waals surface area (Å²) < 4.78 is 40.5. The highest BCUT2D eigenvalue weighted by Gasteiger charge is 2.12. The molecule has 1 amide bonds. The molecule has 116 valence electrons. The first-order chi connectivity index (χ1) is 11.0. The number of nitrogens with one attached hydrogen (secondary N) is 1. The van der Waals surface area contributed by atoms with E-state index in [-0.39, 0.29) is 17.2 Å². The maximum absolute atomic E-state index is 13.1. The number of carbonyl (C=O) groups is 1. The second-order valence-corrected chi connectivity index (χ2v) is 4.73. The first-order valence-corrected chi connectivity index (χ1v) is 6.60. The number of aromatic nitrogens is 2. The van der Waals surface area contributed by atoms with Crippen LogP contribution in [-0.4, -0.2) is 15.7 Å². The van der Waals surface area contributed by atoms with E-state index in [1.807, 2.05) is 0 Å². The van der Waals surface area contributed by atoms with E-state index in [2.05, 4.69) is 10.4 Å². The first kappa shape index (κ1) is 14.8. The van der Waals surface area contributed by atoms with E-state index in [0.29, 0.717) is 11.8 Å². The van der Waals surface area contributed by atoms with Crippen LogP contribution in [0.25, 0.3) is 5.69 Å². The number of anilines is 1. The molecule has 1 N–H and O–H groups in total. The summed E-state index contributed by atoms with van der Waals surface area (Å²) in [5.41, 5.74) is 0.616. The minimum atomic E-state index is -0.794. The Hall–Kier alpha value is -3.09. The summed E-state index contributed by atoms with van der Waals surface area (Å²) in [6.07, 6.45) is 1.52. The summed E-state index contributed by atoms with van der Waals surface area (Å²) >= 11 is 0. The summed E-state index contributed by atoms with van der Waals surface area (Å²) in [7, 11) is 0. The van der Waals surface area contributed by atoms with Gasteiger partial charge in [-0.1, -0.05) is 0 Å². The minimum Gasteiger partial charge on any atom is -0.320 e. The molecule has 0 aliphatic heterocycles. The fourth-order valence-corrected chi connectivity index (χ4v) is 2.00. The molecule has 23 heavy (non-hydrogen) atoms. The van der Waals surface area contributed by atoms with Crippen molar-refractivity contribution in [3.8, 4) is 5.69 Å². The third kappa shape index (κ3) is 3.39. The Balaban J connectivity index is 1.79. The molecule has 3 rings (SSSR count). The van der Waals surface area contributed by atoms with E-state index >= 15 is 0 Å². The molecular weight excluding hydrogens is 307 g/mol. The van der Waals surface area contributed by atoms with Crippen LogP contribution < -0.4 is 5.32 Å². The zero-order chi connectivity index (χ0) is 16.4. The quantitative estimate of drug-likeness (QED) is 0.803. The van der Waals surface area contributed by atoms with E-state index in [1.165, 1.54) is 41.2 Å². The number of nitrogens with zero attached hydrogens (tertiary/aromatic N) is 2. The van der Waals surface area contributed by atoms with Crippen molar-refractivity contribution in [2.24, 2.45) is 0 Å². The summed E-state index contributed by atoms with van der Waals surface area (Å²) in [5.74, 6) is -2.59. The van der Waals surface area contributed by atoms with Crippen molar-refractivity contribution in [1.82, 2.24) is 9.78 Å². The van der Waals surface area contributed by atoms with E-state index in [0.717, 1.165) is 12.1 Å². The van der Waals surface area contributed by atoms with E-state index in [1.54, 1.807) is 0 Å². The van der Waals surface area contributed by atoms with Gasteiger partial charge in [-0.05, 0) is 42.5 Å². The number of rotatable bonds is 3. The molecule has 1 heterocycles. The predicted molar refractivity (Wildman–Crippen MR) is 77.8 cm³/mol. The number of halogens is 3. The maximum Gasteiger partial charge on any atom is 0.276 e. The van der Waals surface area contributed by atoms with Crippen molar-refractivity contribution in [2.45, 2.75) is 0 Å². The van der Waals surface area contributed by atoms with Crippen molar-refractivity contribution >= 4 is 11.6 Å². The van der Waals surface area contributed by atoms with Crippen LogP contribution in [0.2, 0.25) is 0 Å². The SMILES string of the molecule is O=C(Nc1cc(F)cc(F)c1)c1ccn(-c2ccc(F)cc2)n1. The Labute approximate surface area is 129 Å². The van der Waals surface area contributed by atoms with Gasteiger partial charge < -0.3 is 5.32 Å². The third-order valence-corrected chi connectivity index (χ3v) is 3.03. The molecule has 0 radical (unpaired) electrons. The van der Waals surface area contributed by atoms with Gasteiger partial charge in [-0.25, -0.2) is 17.9 Å². The molecule has 0 aliphatic rings. The van der Waals surface area contributed by atoms with Gasteiger partial charge in [-0.2, -0.15) is 5.10 Å². The van der Waals surface area contributed by atoms with Gasteiger partial charge in [0.15, 0.2) is 5.69 Å². The number of amides is 1. The van der Waals surface area contributed by atoms with Gasteiger partial charge >= 0.3 is 0 Å². The summed E-state index contributed by atoms with van der Waals surface area (Å²) in [6, 6.07) is 9.69. The van der Waals surface area contributed by atoms with Gasteiger partial charge in [0.25, 0.3) is 5.91 Å². The lowest BCUT2D eigenvalue weighted by Crippen LogP contribution is -2.13. The molecule has 0 fully saturated rings. The van der Waals surface area contributed by atoms with Gasteiger partial charge in [-0.15, -0.1) is 0 Å². The third-order valence-electron chi connectivity index (χ3n) is 3.03. The normalized spacial score (nSPS) is 10.6. The van der Waals surface area contributed by atoms with Gasteiger partial charge in [-0.3, -0.25) is 4.79 Å². The Bertz CT molecular complexity index is 839. The number of hydrogen-bond acceptors (Lipinski definition) is 2. The standard InChI is InChI=1S/C16H10F3N3O/c17-10-1-3-14(4-2-10)22-6-5-15(21-22)16(23)20-13-8-11(18)7-12(19)9-13/h1-9H,(H,20,23). The molecule has 4 nitrogen and oxygen atoms in total. The highest BCUT2D eigenvalue weighted by Crippen LogP contribution is 2.14. The summed E-state index contributed by atoms with van der Waals surface area (Å²) in [4.78, 5) is 12.0. The van der Waals surface area contributed by atoms with Crippen LogP contribution in [-0.2, 0) is 0 Å². The zero-order valence-electron chi connectivity index (χ0n) is 11.6. The molecule has 0 saturated carbocycles. The number of hydrogen-bond donors (Lipinski definition) is 1. The van der Waals surface area contributed by atoms with Crippen molar-refractivity contribution in [3.05, 3.63) is 77.9 Å². The molecule has 0 atom stereocenters. The van der Waals surface area contributed by atoms with Crippen molar-refractivity contribution in [2.75, 3.05) is 5.32 Å². The number of benzene rings is 2. The van der Waals surface area contributed by atoms with Gasteiger partial charge in [0.2, 0.25) is 0 Å².